The Hall–Kier alpha value is -0.290. The van der Waals surface area contributed by atoms with Crippen LogP contribution in [0.15, 0.2) is 24.3 Å². The van der Waals surface area contributed by atoms with E-state index in [1.165, 1.54) is 0 Å². The van der Waals surface area contributed by atoms with E-state index in [1.807, 2.05) is 32.9 Å². The van der Waals surface area contributed by atoms with Crippen LogP contribution in [0.1, 0.15) is 34.6 Å². The summed E-state index contributed by atoms with van der Waals surface area (Å²) in [6.07, 6.45) is 0. The summed E-state index contributed by atoms with van der Waals surface area (Å²) in [5.41, 5.74) is -0.101. The molecule has 0 atom stereocenters. The van der Waals surface area contributed by atoms with Gasteiger partial charge in [0.05, 0.1) is 13.2 Å². The molecule has 136 valence electrons. The first-order chi connectivity index (χ1) is 11.2. The Morgan fingerprint density at radius 1 is 1.08 bits per heavy atom. The summed E-state index contributed by atoms with van der Waals surface area (Å²) in [5.74, 6) is 1.15. The highest BCUT2D eigenvalue weighted by Gasteiger charge is 2.63. The standard InChI is InChI=1S/C15H25O6P2S/c1-6-17-22(16,18-7-2)24-23(19-12-15(3,4)5)20-13-10-8-9-11-14(13)21-23/h8-11H,6-7,12H2,1-5H3/q+1. The average Bonchev–Trinajstić information content (AvgIpc) is 2.83. The molecule has 0 saturated heterocycles. The zero-order chi connectivity index (χ0) is 17.8. The Morgan fingerprint density at radius 3 is 2.00 bits per heavy atom. The van der Waals surface area contributed by atoms with Crippen molar-refractivity contribution < 1.29 is 27.2 Å². The van der Waals surface area contributed by atoms with Crippen molar-refractivity contribution in [2.24, 2.45) is 5.41 Å². The lowest BCUT2D eigenvalue weighted by Gasteiger charge is -2.22. The van der Waals surface area contributed by atoms with Gasteiger partial charge in [-0.25, -0.2) is 4.57 Å². The van der Waals surface area contributed by atoms with Gasteiger partial charge in [-0.15, -0.1) is 0 Å². The highest BCUT2D eigenvalue weighted by atomic mass is 33.1. The van der Waals surface area contributed by atoms with Crippen LogP contribution < -0.4 is 9.05 Å². The van der Waals surface area contributed by atoms with Crippen LogP contribution in [0.4, 0.5) is 0 Å². The van der Waals surface area contributed by atoms with E-state index in [9.17, 15) is 4.57 Å². The molecule has 0 spiro atoms. The molecule has 0 saturated carbocycles. The molecule has 1 aromatic rings. The SMILES string of the molecule is CCOP(=O)(OCC)S[P+]1(OCC(C)(C)C)Oc2ccccc2O1. The van der Waals surface area contributed by atoms with Crippen LogP contribution in [0.5, 0.6) is 11.5 Å². The lowest BCUT2D eigenvalue weighted by Crippen LogP contribution is -2.17. The molecule has 1 aliphatic heterocycles. The second kappa shape index (κ2) is 7.94. The van der Waals surface area contributed by atoms with Gasteiger partial charge < -0.3 is 0 Å². The Labute approximate surface area is 148 Å². The molecule has 0 aromatic heterocycles. The van der Waals surface area contributed by atoms with Gasteiger partial charge in [0.1, 0.15) is 6.61 Å². The number of fused-ring (bicyclic) bond motifs is 1. The number of hydrogen-bond donors (Lipinski definition) is 0. The summed E-state index contributed by atoms with van der Waals surface area (Å²) in [4.78, 5) is 0. The van der Waals surface area contributed by atoms with Crippen molar-refractivity contribution in [2.75, 3.05) is 19.8 Å². The molecule has 0 unspecified atom stereocenters. The van der Waals surface area contributed by atoms with Gasteiger partial charge in [0, 0.05) is 0 Å². The van der Waals surface area contributed by atoms with Gasteiger partial charge in [-0.3, -0.25) is 18.1 Å². The lowest BCUT2D eigenvalue weighted by atomic mass is 9.99. The van der Waals surface area contributed by atoms with Crippen molar-refractivity contribution in [3.63, 3.8) is 0 Å². The predicted molar refractivity (Wildman–Crippen MR) is 98.5 cm³/mol. The van der Waals surface area contributed by atoms with E-state index in [0.717, 1.165) is 11.0 Å². The number of benzene rings is 1. The van der Waals surface area contributed by atoms with Crippen LogP contribution in [0.2, 0.25) is 0 Å². The van der Waals surface area contributed by atoms with E-state index >= 15 is 0 Å². The van der Waals surface area contributed by atoms with Crippen molar-refractivity contribution in [1.82, 2.24) is 0 Å². The van der Waals surface area contributed by atoms with Crippen LogP contribution in [0.25, 0.3) is 0 Å². The maximum absolute atomic E-state index is 13.0. The summed E-state index contributed by atoms with van der Waals surface area (Å²) in [5, 5.41) is 0. The van der Waals surface area contributed by atoms with Crippen molar-refractivity contribution in [3.05, 3.63) is 24.3 Å². The van der Waals surface area contributed by atoms with Crippen LogP contribution in [-0.4, -0.2) is 19.8 Å². The maximum Gasteiger partial charge on any atom is 0.581 e. The van der Waals surface area contributed by atoms with E-state index in [2.05, 4.69) is 0 Å². The monoisotopic (exact) mass is 395 g/mol. The third kappa shape index (κ3) is 5.35. The second-order valence-corrected chi connectivity index (χ2v) is 14.0. The quantitative estimate of drug-likeness (QED) is 0.492. The molecule has 0 amide bonds. The fourth-order valence-electron chi connectivity index (χ4n) is 1.77. The molecular formula is C15H25O6P2S+. The molecule has 0 N–H and O–H groups in total. The number of hydrogen-bond acceptors (Lipinski definition) is 7. The van der Waals surface area contributed by atoms with Crippen LogP contribution in [-0.2, 0) is 18.1 Å². The fraction of sp³-hybridized carbons (Fsp3) is 0.600. The van der Waals surface area contributed by atoms with Crippen molar-refractivity contribution in [1.29, 1.82) is 0 Å². The molecule has 9 heteroatoms. The molecule has 0 aliphatic carbocycles. The van der Waals surface area contributed by atoms with Crippen LogP contribution in [0.3, 0.4) is 0 Å². The molecule has 0 radical (unpaired) electrons. The maximum atomic E-state index is 13.0. The van der Waals surface area contributed by atoms with Gasteiger partial charge in [-0.05, 0) is 31.4 Å². The van der Waals surface area contributed by atoms with E-state index in [4.69, 9.17) is 22.6 Å². The molecule has 24 heavy (non-hydrogen) atoms. The molecule has 1 aromatic carbocycles. The van der Waals surface area contributed by atoms with Gasteiger partial charge in [0.2, 0.25) is 11.5 Å². The van der Waals surface area contributed by atoms with Gasteiger partial charge in [0.15, 0.2) is 0 Å². The molecule has 0 fully saturated rings. The smallest absolute Gasteiger partial charge is 0.298 e. The first-order valence-corrected chi connectivity index (χ1v) is 12.9. The van der Waals surface area contributed by atoms with Crippen LogP contribution >= 0.6 is 24.9 Å². The summed E-state index contributed by atoms with van der Waals surface area (Å²) in [6.45, 7) is 7.11. The largest absolute Gasteiger partial charge is 0.581 e. The van der Waals surface area contributed by atoms with Gasteiger partial charge in [0.25, 0.3) is 11.0 Å². The zero-order valence-corrected chi connectivity index (χ0v) is 17.3. The molecule has 2 rings (SSSR count). The summed E-state index contributed by atoms with van der Waals surface area (Å²) < 4.78 is 41.7. The summed E-state index contributed by atoms with van der Waals surface area (Å²) >= 11 is 0.904. The Balaban J connectivity index is 2.26. The Bertz CT molecular complexity index is 569. The molecular weight excluding hydrogens is 370 g/mol. The molecule has 1 aliphatic rings. The topological polar surface area (TPSA) is 63.2 Å². The van der Waals surface area contributed by atoms with Crippen LogP contribution in [0, 0.1) is 5.41 Å². The minimum Gasteiger partial charge on any atom is -0.298 e. The zero-order valence-electron chi connectivity index (χ0n) is 14.7. The minimum atomic E-state index is -3.45. The van der Waals surface area contributed by atoms with E-state index in [1.54, 1.807) is 26.0 Å². The normalized spacial score (nSPS) is 16.4. The second-order valence-electron chi connectivity index (χ2n) is 6.28. The van der Waals surface area contributed by atoms with E-state index in [0.29, 0.717) is 18.1 Å². The van der Waals surface area contributed by atoms with Crippen molar-refractivity contribution in [2.45, 2.75) is 34.6 Å². The average molecular weight is 395 g/mol. The van der Waals surface area contributed by atoms with Crippen molar-refractivity contribution in [3.8, 4) is 11.5 Å². The Morgan fingerprint density at radius 2 is 1.58 bits per heavy atom. The molecule has 6 nitrogen and oxygen atoms in total. The molecule has 1 heterocycles. The highest BCUT2D eigenvalue weighted by molar-refractivity contribution is 8.86. The van der Waals surface area contributed by atoms with E-state index < -0.39 is 13.9 Å². The summed E-state index contributed by atoms with van der Waals surface area (Å²) in [7, 11) is -3.00. The molecule has 0 bridgehead atoms. The number of para-hydroxylation sites is 2. The first kappa shape index (κ1) is 20.0. The fourth-order valence-corrected chi connectivity index (χ4v) is 11.1. The van der Waals surface area contributed by atoms with Gasteiger partial charge in [-0.2, -0.15) is 4.52 Å². The first-order valence-electron chi connectivity index (χ1n) is 7.83. The lowest BCUT2D eigenvalue weighted by molar-refractivity contribution is 0.182. The van der Waals surface area contributed by atoms with E-state index in [-0.39, 0.29) is 18.6 Å². The van der Waals surface area contributed by atoms with Gasteiger partial charge in [-0.1, -0.05) is 32.9 Å². The Kier molecular flexibility index (Phi) is 6.63. The van der Waals surface area contributed by atoms with Crippen molar-refractivity contribution >= 4 is 24.9 Å². The summed E-state index contributed by atoms with van der Waals surface area (Å²) in [6, 6.07) is 7.29. The third-order valence-electron chi connectivity index (χ3n) is 2.70. The third-order valence-corrected chi connectivity index (χ3v) is 11.7. The van der Waals surface area contributed by atoms with Gasteiger partial charge >= 0.3 is 13.9 Å². The highest BCUT2D eigenvalue weighted by Crippen LogP contribution is 2.87. The predicted octanol–water partition coefficient (Wildman–Crippen LogP) is 6.11. The minimum absolute atomic E-state index is 0.101. The number of rotatable bonds is 8.